The first kappa shape index (κ1) is 12.7. The van der Waals surface area contributed by atoms with E-state index in [1.807, 2.05) is 12.1 Å². The minimum Gasteiger partial charge on any atom is -0.492 e. The highest BCUT2D eigenvalue weighted by Crippen LogP contribution is 2.26. The maximum atomic E-state index is 5.47. The maximum Gasteiger partial charge on any atom is 0.119 e. The highest BCUT2D eigenvalue weighted by atomic mass is 16.5. The molecule has 0 aliphatic carbocycles. The first-order valence-corrected chi connectivity index (χ1v) is 6.21. The van der Waals surface area contributed by atoms with Crippen LogP contribution in [0.2, 0.25) is 0 Å². The third kappa shape index (κ3) is 2.90. The Kier molecular flexibility index (Phi) is 4.00. The summed E-state index contributed by atoms with van der Waals surface area (Å²) >= 11 is 0. The van der Waals surface area contributed by atoms with Gasteiger partial charge in [-0.1, -0.05) is 35.9 Å². The standard InChI is InChI=1S/C16H19NO/c1-12-3-4-13(2)16(11-12)14-5-7-15(8-6-14)18-10-9-17/h3-8,11H,9-10,17H2,1-2H3. The molecule has 0 saturated carbocycles. The Labute approximate surface area is 108 Å². The van der Waals surface area contributed by atoms with E-state index in [2.05, 4.69) is 44.2 Å². The van der Waals surface area contributed by atoms with Crippen molar-refractivity contribution in [2.24, 2.45) is 5.73 Å². The molecule has 2 nitrogen and oxygen atoms in total. The summed E-state index contributed by atoms with van der Waals surface area (Å²) in [6.07, 6.45) is 0. The van der Waals surface area contributed by atoms with Crippen molar-refractivity contribution >= 4 is 0 Å². The van der Waals surface area contributed by atoms with Gasteiger partial charge in [0.15, 0.2) is 0 Å². The van der Waals surface area contributed by atoms with Crippen molar-refractivity contribution in [2.45, 2.75) is 13.8 Å². The van der Waals surface area contributed by atoms with Crippen molar-refractivity contribution in [3.63, 3.8) is 0 Å². The molecule has 18 heavy (non-hydrogen) atoms. The number of ether oxygens (including phenoxy) is 1. The molecule has 2 aromatic rings. The zero-order chi connectivity index (χ0) is 13.0. The molecule has 0 aliphatic heterocycles. The zero-order valence-corrected chi connectivity index (χ0v) is 10.9. The van der Waals surface area contributed by atoms with Crippen molar-refractivity contribution in [3.05, 3.63) is 53.6 Å². The van der Waals surface area contributed by atoms with Crippen LogP contribution in [0.1, 0.15) is 11.1 Å². The summed E-state index contributed by atoms with van der Waals surface area (Å²) < 4.78 is 5.47. The van der Waals surface area contributed by atoms with Gasteiger partial charge in [-0.05, 0) is 42.7 Å². The Morgan fingerprint density at radius 2 is 1.72 bits per heavy atom. The van der Waals surface area contributed by atoms with E-state index in [0.29, 0.717) is 13.2 Å². The lowest BCUT2D eigenvalue weighted by atomic mass is 9.98. The molecule has 2 N–H and O–H groups in total. The highest BCUT2D eigenvalue weighted by molar-refractivity contribution is 5.68. The lowest BCUT2D eigenvalue weighted by Crippen LogP contribution is -2.10. The predicted octanol–water partition coefficient (Wildman–Crippen LogP) is 3.31. The Balaban J connectivity index is 2.25. The molecular weight excluding hydrogens is 222 g/mol. The van der Waals surface area contributed by atoms with Crippen LogP contribution < -0.4 is 10.5 Å². The topological polar surface area (TPSA) is 35.2 Å². The second-order valence-corrected chi connectivity index (χ2v) is 4.48. The molecule has 0 atom stereocenters. The van der Waals surface area contributed by atoms with Crippen LogP contribution in [-0.2, 0) is 0 Å². The third-order valence-electron chi connectivity index (χ3n) is 2.94. The summed E-state index contributed by atoms with van der Waals surface area (Å²) in [5.41, 5.74) is 10.5. The van der Waals surface area contributed by atoms with Gasteiger partial charge in [-0.25, -0.2) is 0 Å². The van der Waals surface area contributed by atoms with E-state index in [9.17, 15) is 0 Å². The summed E-state index contributed by atoms with van der Waals surface area (Å²) in [4.78, 5) is 0. The Bertz CT molecular complexity index is 517. The van der Waals surface area contributed by atoms with E-state index >= 15 is 0 Å². The lowest BCUT2D eigenvalue weighted by Gasteiger charge is -2.09. The van der Waals surface area contributed by atoms with Crippen LogP contribution in [-0.4, -0.2) is 13.2 Å². The van der Waals surface area contributed by atoms with Crippen molar-refractivity contribution < 1.29 is 4.74 Å². The fraction of sp³-hybridized carbons (Fsp3) is 0.250. The highest BCUT2D eigenvalue weighted by Gasteiger charge is 2.02. The molecule has 0 saturated heterocycles. The van der Waals surface area contributed by atoms with Gasteiger partial charge in [0, 0.05) is 6.54 Å². The largest absolute Gasteiger partial charge is 0.492 e. The second-order valence-electron chi connectivity index (χ2n) is 4.48. The van der Waals surface area contributed by atoms with Gasteiger partial charge in [-0.2, -0.15) is 0 Å². The molecule has 0 aliphatic rings. The quantitative estimate of drug-likeness (QED) is 0.891. The molecule has 2 rings (SSSR count). The zero-order valence-electron chi connectivity index (χ0n) is 10.9. The third-order valence-corrected chi connectivity index (χ3v) is 2.94. The van der Waals surface area contributed by atoms with Crippen LogP contribution in [0.15, 0.2) is 42.5 Å². The van der Waals surface area contributed by atoms with Crippen molar-refractivity contribution in [1.29, 1.82) is 0 Å². The summed E-state index contributed by atoms with van der Waals surface area (Å²) in [6.45, 7) is 5.34. The maximum absolute atomic E-state index is 5.47. The van der Waals surface area contributed by atoms with Gasteiger partial charge in [-0.3, -0.25) is 0 Å². The van der Waals surface area contributed by atoms with Gasteiger partial charge >= 0.3 is 0 Å². The fourth-order valence-corrected chi connectivity index (χ4v) is 1.95. The van der Waals surface area contributed by atoms with Gasteiger partial charge in [0.1, 0.15) is 12.4 Å². The minimum atomic E-state index is 0.540. The monoisotopic (exact) mass is 241 g/mol. The van der Waals surface area contributed by atoms with Gasteiger partial charge < -0.3 is 10.5 Å². The van der Waals surface area contributed by atoms with Crippen LogP contribution in [0.25, 0.3) is 11.1 Å². The van der Waals surface area contributed by atoms with Gasteiger partial charge in [-0.15, -0.1) is 0 Å². The second kappa shape index (κ2) is 5.69. The molecule has 0 amide bonds. The number of nitrogens with two attached hydrogens (primary N) is 1. The summed E-state index contributed by atoms with van der Waals surface area (Å²) in [7, 11) is 0. The molecule has 0 fully saturated rings. The number of hydrogen-bond donors (Lipinski definition) is 1. The molecule has 94 valence electrons. The molecule has 0 aromatic heterocycles. The average Bonchev–Trinajstić information content (AvgIpc) is 2.40. The van der Waals surface area contributed by atoms with Crippen molar-refractivity contribution in [3.8, 4) is 16.9 Å². The average molecular weight is 241 g/mol. The first-order valence-electron chi connectivity index (χ1n) is 6.21. The first-order chi connectivity index (χ1) is 8.70. The smallest absolute Gasteiger partial charge is 0.119 e. The molecule has 0 bridgehead atoms. The molecule has 0 radical (unpaired) electrons. The van der Waals surface area contributed by atoms with E-state index in [-0.39, 0.29) is 0 Å². The summed E-state index contributed by atoms with van der Waals surface area (Å²) in [5.74, 6) is 0.870. The van der Waals surface area contributed by atoms with Gasteiger partial charge in [0.25, 0.3) is 0 Å². The van der Waals surface area contributed by atoms with Crippen molar-refractivity contribution in [1.82, 2.24) is 0 Å². The Hall–Kier alpha value is -1.80. The fourth-order valence-electron chi connectivity index (χ4n) is 1.95. The predicted molar refractivity (Wildman–Crippen MR) is 75.9 cm³/mol. The van der Waals surface area contributed by atoms with E-state index in [1.165, 1.54) is 22.3 Å². The van der Waals surface area contributed by atoms with Crippen LogP contribution in [0, 0.1) is 13.8 Å². The molecule has 0 spiro atoms. The normalized spacial score (nSPS) is 10.4. The molecule has 2 heteroatoms. The van der Waals surface area contributed by atoms with Crippen LogP contribution >= 0.6 is 0 Å². The summed E-state index contributed by atoms with van der Waals surface area (Å²) in [6, 6.07) is 14.7. The molecular formula is C16H19NO. The Morgan fingerprint density at radius 1 is 1.00 bits per heavy atom. The number of rotatable bonds is 4. The van der Waals surface area contributed by atoms with Crippen LogP contribution in [0.4, 0.5) is 0 Å². The van der Waals surface area contributed by atoms with Crippen LogP contribution in [0.3, 0.4) is 0 Å². The van der Waals surface area contributed by atoms with Crippen LogP contribution in [0.5, 0.6) is 5.75 Å². The van der Waals surface area contributed by atoms with Gasteiger partial charge in [0.05, 0.1) is 0 Å². The minimum absolute atomic E-state index is 0.540. The van der Waals surface area contributed by atoms with Crippen molar-refractivity contribution in [2.75, 3.05) is 13.2 Å². The molecule has 0 heterocycles. The number of hydrogen-bond acceptors (Lipinski definition) is 2. The van der Waals surface area contributed by atoms with E-state index in [1.54, 1.807) is 0 Å². The Morgan fingerprint density at radius 3 is 2.39 bits per heavy atom. The number of benzene rings is 2. The molecule has 2 aromatic carbocycles. The molecule has 0 unspecified atom stereocenters. The van der Waals surface area contributed by atoms with E-state index < -0.39 is 0 Å². The van der Waals surface area contributed by atoms with E-state index in [0.717, 1.165) is 5.75 Å². The lowest BCUT2D eigenvalue weighted by molar-refractivity contribution is 0.328. The van der Waals surface area contributed by atoms with Gasteiger partial charge in [0.2, 0.25) is 0 Å². The number of aryl methyl sites for hydroxylation is 2. The SMILES string of the molecule is Cc1ccc(C)c(-c2ccc(OCCN)cc2)c1. The summed E-state index contributed by atoms with van der Waals surface area (Å²) in [5, 5.41) is 0. The van der Waals surface area contributed by atoms with E-state index in [4.69, 9.17) is 10.5 Å².